The summed E-state index contributed by atoms with van der Waals surface area (Å²) < 4.78 is 34.3. The Morgan fingerprint density at radius 1 is 1.12 bits per heavy atom. The summed E-state index contributed by atoms with van der Waals surface area (Å²) in [6.07, 6.45) is 6.18. The Morgan fingerprint density at radius 3 is 2.29 bits per heavy atom. The minimum atomic E-state index is -3.49. The molecule has 0 aromatic heterocycles. The Kier molecular flexibility index (Phi) is 4.01. The molecule has 0 spiro atoms. The molecule has 0 radical (unpaired) electrons. The van der Waals surface area contributed by atoms with Gasteiger partial charge in [0.1, 0.15) is 0 Å². The highest BCUT2D eigenvalue weighted by Crippen LogP contribution is 2.59. The fourth-order valence-electron chi connectivity index (χ4n) is 5.75. The number of methoxy groups -OCH3 is 1. The van der Waals surface area contributed by atoms with Gasteiger partial charge in [-0.3, -0.25) is 0 Å². The van der Waals surface area contributed by atoms with Crippen molar-refractivity contribution >= 4 is 10.0 Å². The fourth-order valence-corrected chi connectivity index (χ4v) is 6.93. The second-order valence-electron chi connectivity index (χ2n) is 8.10. The second kappa shape index (κ2) is 5.82. The van der Waals surface area contributed by atoms with Crippen molar-refractivity contribution in [1.29, 1.82) is 0 Å². The highest BCUT2D eigenvalue weighted by Gasteiger charge is 2.57. The average Bonchev–Trinajstić information content (AvgIpc) is 2.54. The van der Waals surface area contributed by atoms with Crippen LogP contribution in [0.3, 0.4) is 0 Å². The van der Waals surface area contributed by atoms with Gasteiger partial charge in [-0.05, 0) is 80.4 Å². The number of sulfonamides is 1. The predicted molar refractivity (Wildman–Crippen MR) is 93.2 cm³/mol. The van der Waals surface area contributed by atoms with Crippen LogP contribution in [-0.4, -0.2) is 27.7 Å². The molecule has 0 atom stereocenters. The van der Waals surface area contributed by atoms with Crippen molar-refractivity contribution in [3.05, 3.63) is 29.8 Å². The molecule has 4 aliphatic rings. The van der Waals surface area contributed by atoms with Crippen LogP contribution in [0.5, 0.6) is 0 Å². The molecule has 1 aromatic rings. The minimum absolute atomic E-state index is 0.315. The number of benzene rings is 1. The molecular formula is C19H27NO3S. The van der Waals surface area contributed by atoms with Crippen molar-refractivity contribution in [1.82, 2.24) is 4.72 Å². The third-order valence-electron chi connectivity index (χ3n) is 6.74. The summed E-state index contributed by atoms with van der Waals surface area (Å²) in [6.45, 7) is 2.31. The summed E-state index contributed by atoms with van der Waals surface area (Å²) in [5.74, 6) is 2.67. The van der Waals surface area contributed by atoms with E-state index in [9.17, 15) is 8.42 Å². The predicted octanol–water partition coefficient (Wildman–Crippen LogP) is 3.11. The van der Waals surface area contributed by atoms with Crippen molar-refractivity contribution < 1.29 is 13.2 Å². The van der Waals surface area contributed by atoms with Crippen molar-refractivity contribution in [2.75, 3.05) is 13.7 Å². The van der Waals surface area contributed by atoms with Crippen LogP contribution >= 0.6 is 0 Å². The second-order valence-corrected chi connectivity index (χ2v) is 9.87. The van der Waals surface area contributed by atoms with Crippen LogP contribution in [-0.2, 0) is 14.8 Å². The van der Waals surface area contributed by atoms with Gasteiger partial charge in [-0.25, -0.2) is 13.1 Å². The molecule has 24 heavy (non-hydrogen) atoms. The first-order chi connectivity index (χ1) is 11.4. The quantitative estimate of drug-likeness (QED) is 0.889. The summed E-state index contributed by atoms with van der Waals surface area (Å²) in [6, 6.07) is 7.08. The number of rotatable bonds is 5. The summed E-state index contributed by atoms with van der Waals surface area (Å²) in [5.41, 5.74) is 0.638. The standard InChI is InChI=1S/C19H27NO3S/c1-13-4-3-5-18(6-13)24(21,22)20-12-19(23-2)16-8-14-7-15(10-16)11-17(19)9-14/h3-6,14-17,20H,7-12H2,1-2H3. The molecule has 5 rings (SSSR count). The Balaban J connectivity index is 1.55. The van der Waals surface area contributed by atoms with E-state index in [-0.39, 0.29) is 5.60 Å². The largest absolute Gasteiger partial charge is 0.376 e. The van der Waals surface area contributed by atoms with Gasteiger partial charge in [-0.15, -0.1) is 0 Å². The Morgan fingerprint density at radius 2 is 1.75 bits per heavy atom. The van der Waals surface area contributed by atoms with E-state index in [2.05, 4.69) is 4.72 Å². The molecule has 1 N–H and O–H groups in total. The molecule has 4 saturated carbocycles. The lowest BCUT2D eigenvalue weighted by Gasteiger charge is -2.60. The monoisotopic (exact) mass is 349 g/mol. The van der Waals surface area contributed by atoms with E-state index >= 15 is 0 Å². The number of hydrogen-bond acceptors (Lipinski definition) is 3. The first-order valence-corrected chi connectivity index (χ1v) is 10.5. The Bertz CT molecular complexity index is 700. The maximum Gasteiger partial charge on any atom is 0.240 e. The molecule has 0 saturated heterocycles. The van der Waals surface area contributed by atoms with Crippen molar-refractivity contribution in [2.45, 2.75) is 49.5 Å². The molecule has 5 heteroatoms. The number of aryl methyl sites for hydroxylation is 1. The van der Waals surface area contributed by atoms with Crippen LogP contribution in [0.1, 0.15) is 37.7 Å². The molecule has 0 heterocycles. The van der Waals surface area contributed by atoms with E-state index in [1.54, 1.807) is 25.3 Å². The smallest absolute Gasteiger partial charge is 0.240 e. The zero-order valence-electron chi connectivity index (χ0n) is 14.5. The van der Waals surface area contributed by atoms with Gasteiger partial charge in [-0.1, -0.05) is 12.1 Å². The van der Waals surface area contributed by atoms with Gasteiger partial charge in [0.25, 0.3) is 0 Å². The lowest BCUT2D eigenvalue weighted by molar-refractivity contribution is -0.185. The van der Waals surface area contributed by atoms with E-state index < -0.39 is 10.0 Å². The average molecular weight is 349 g/mol. The number of hydrogen-bond donors (Lipinski definition) is 1. The summed E-state index contributed by atoms with van der Waals surface area (Å²) >= 11 is 0. The summed E-state index contributed by atoms with van der Waals surface area (Å²) in [5, 5.41) is 0. The lowest BCUT2D eigenvalue weighted by atomic mass is 9.50. The first kappa shape index (κ1) is 16.6. The summed E-state index contributed by atoms with van der Waals surface area (Å²) in [4.78, 5) is 0.345. The highest BCUT2D eigenvalue weighted by molar-refractivity contribution is 7.89. The van der Waals surface area contributed by atoms with E-state index in [4.69, 9.17) is 4.74 Å². The third kappa shape index (κ3) is 2.61. The zero-order valence-corrected chi connectivity index (χ0v) is 15.3. The molecule has 0 amide bonds. The van der Waals surface area contributed by atoms with Crippen LogP contribution in [0.4, 0.5) is 0 Å². The molecule has 4 nitrogen and oxygen atoms in total. The van der Waals surface area contributed by atoms with Gasteiger partial charge in [0.05, 0.1) is 10.5 Å². The van der Waals surface area contributed by atoms with Gasteiger partial charge >= 0.3 is 0 Å². The molecular weight excluding hydrogens is 322 g/mol. The molecule has 0 aliphatic heterocycles. The highest BCUT2D eigenvalue weighted by atomic mass is 32.2. The normalized spacial score (nSPS) is 37.8. The van der Waals surface area contributed by atoms with Crippen LogP contribution in [0.2, 0.25) is 0 Å². The van der Waals surface area contributed by atoms with Crippen LogP contribution < -0.4 is 4.72 Å². The van der Waals surface area contributed by atoms with E-state index in [0.717, 1.165) is 17.4 Å². The first-order valence-electron chi connectivity index (χ1n) is 9.04. The van der Waals surface area contributed by atoms with E-state index in [0.29, 0.717) is 23.3 Å². The maximum absolute atomic E-state index is 12.7. The van der Waals surface area contributed by atoms with Gasteiger partial charge in [0.15, 0.2) is 0 Å². The van der Waals surface area contributed by atoms with E-state index in [1.165, 1.54) is 32.1 Å². The van der Waals surface area contributed by atoms with E-state index in [1.807, 2.05) is 13.0 Å². The minimum Gasteiger partial charge on any atom is -0.376 e. The fraction of sp³-hybridized carbons (Fsp3) is 0.684. The van der Waals surface area contributed by atoms with Crippen LogP contribution in [0, 0.1) is 30.6 Å². The third-order valence-corrected chi connectivity index (χ3v) is 8.14. The Labute approximate surface area is 145 Å². The zero-order chi connectivity index (χ0) is 16.9. The molecule has 4 bridgehead atoms. The van der Waals surface area contributed by atoms with Gasteiger partial charge in [0.2, 0.25) is 10.0 Å². The molecule has 0 unspecified atom stereocenters. The topological polar surface area (TPSA) is 55.4 Å². The van der Waals surface area contributed by atoms with Gasteiger partial charge in [0, 0.05) is 13.7 Å². The molecule has 4 aliphatic carbocycles. The summed E-state index contributed by atoms with van der Waals surface area (Å²) in [7, 11) is -1.73. The number of ether oxygens (including phenoxy) is 1. The van der Waals surface area contributed by atoms with Crippen LogP contribution in [0.25, 0.3) is 0 Å². The lowest BCUT2D eigenvalue weighted by Crippen LogP contribution is -2.63. The molecule has 4 fully saturated rings. The Hall–Kier alpha value is -0.910. The van der Waals surface area contributed by atoms with Crippen molar-refractivity contribution in [3.63, 3.8) is 0 Å². The van der Waals surface area contributed by atoms with Crippen molar-refractivity contribution in [2.24, 2.45) is 23.7 Å². The van der Waals surface area contributed by atoms with Gasteiger partial charge in [-0.2, -0.15) is 0 Å². The maximum atomic E-state index is 12.7. The molecule has 1 aromatic carbocycles. The van der Waals surface area contributed by atoms with Crippen LogP contribution in [0.15, 0.2) is 29.2 Å². The SMILES string of the molecule is COC1(CNS(=O)(=O)c2cccc(C)c2)C2CC3CC(C2)CC1C3. The number of nitrogens with one attached hydrogen (secondary N) is 1. The van der Waals surface area contributed by atoms with Crippen molar-refractivity contribution in [3.8, 4) is 0 Å². The van der Waals surface area contributed by atoms with Gasteiger partial charge < -0.3 is 4.74 Å². The molecule has 132 valence electrons.